The largest absolute Gasteiger partial charge is 0.492 e. The summed E-state index contributed by atoms with van der Waals surface area (Å²) in [5, 5.41) is 5.34. The van der Waals surface area contributed by atoms with Gasteiger partial charge in [-0.15, -0.1) is 0 Å². The van der Waals surface area contributed by atoms with Gasteiger partial charge in [0.25, 0.3) is 11.5 Å². The van der Waals surface area contributed by atoms with E-state index in [-0.39, 0.29) is 21.5 Å². The van der Waals surface area contributed by atoms with E-state index >= 15 is 0 Å². The molecule has 2 aromatic heterocycles. The van der Waals surface area contributed by atoms with E-state index in [2.05, 4.69) is 0 Å². The van der Waals surface area contributed by atoms with Crippen molar-refractivity contribution in [3.8, 4) is 28.4 Å². The summed E-state index contributed by atoms with van der Waals surface area (Å²) in [7, 11) is 1.79. The van der Waals surface area contributed by atoms with E-state index in [1.807, 2.05) is 92.0 Å². The molecule has 0 unspecified atom stereocenters. The Kier molecular flexibility index (Phi) is 8.31. The minimum atomic E-state index is -0.370. The summed E-state index contributed by atoms with van der Waals surface area (Å²) in [5.41, 5.74) is 4.16. The number of thioether (sulfide) groups is 1. The molecule has 1 saturated heterocycles. The van der Waals surface area contributed by atoms with Gasteiger partial charge >= 0.3 is 0 Å². The van der Waals surface area contributed by atoms with E-state index in [9.17, 15) is 9.59 Å². The first-order valence-corrected chi connectivity index (χ1v) is 15.6. The predicted octanol–water partition coefficient (Wildman–Crippen LogP) is 7.19. The van der Waals surface area contributed by atoms with Crippen LogP contribution in [-0.4, -0.2) is 36.0 Å². The maximum atomic E-state index is 13.9. The van der Waals surface area contributed by atoms with Crippen LogP contribution in [0.2, 0.25) is 5.02 Å². The Labute approximate surface area is 269 Å². The number of rotatable bonds is 8. The Morgan fingerprint density at radius 1 is 1.00 bits per heavy atom. The molecule has 0 aliphatic carbocycles. The van der Waals surface area contributed by atoms with Crippen LogP contribution in [0.4, 0.5) is 5.69 Å². The zero-order valence-corrected chi connectivity index (χ0v) is 26.6. The summed E-state index contributed by atoms with van der Waals surface area (Å²) in [6.07, 6.45) is 4.50. The number of benzene rings is 3. The molecule has 0 bridgehead atoms. The molecule has 0 saturated carbocycles. The maximum Gasteiger partial charge on any atom is 0.296 e. The molecule has 0 spiro atoms. The Bertz CT molecular complexity index is 1980. The van der Waals surface area contributed by atoms with Crippen LogP contribution in [0.1, 0.15) is 24.6 Å². The minimum Gasteiger partial charge on any atom is -0.492 e. The molecule has 5 aromatic rings. The fourth-order valence-electron chi connectivity index (χ4n) is 5.02. The third kappa shape index (κ3) is 5.40. The lowest BCUT2D eigenvalue weighted by molar-refractivity contribution is -0.113. The predicted molar refractivity (Wildman–Crippen MR) is 181 cm³/mol. The number of carbonyl (C=O) groups excluding carboxylic acids is 1. The second kappa shape index (κ2) is 12.3. The van der Waals surface area contributed by atoms with Crippen LogP contribution in [0, 0.1) is 6.92 Å². The fraction of sp³-hybridized carbons (Fsp3) is 0.152. The highest BCUT2D eigenvalue weighted by Crippen LogP contribution is 2.38. The Balaban J connectivity index is 1.42. The Morgan fingerprint density at radius 2 is 1.68 bits per heavy atom. The van der Waals surface area contributed by atoms with Crippen molar-refractivity contribution in [3.63, 3.8) is 0 Å². The quantitative estimate of drug-likeness (QED) is 0.132. The van der Waals surface area contributed by atoms with Gasteiger partial charge in [-0.1, -0.05) is 78.9 Å². The molecule has 222 valence electrons. The first-order valence-electron chi connectivity index (χ1n) is 14.0. The van der Waals surface area contributed by atoms with Crippen molar-refractivity contribution in [2.24, 2.45) is 7.05 Å². The molecule has 11 heteroatoms. The first-order chi connectivity index (χ1) is 21.3. The molecule has 0 atom stereocenters. The maximum absolute atomic E-state index is 13.9. The van der Waals surface area contributed by atoms with Crippen molar-refractivity contribution in [1.29, 1.82) is 0 Å². The highest BCUT2D eigenvalue weighted by molar-refractivity contribution is 8.27. The van der Waals surface area contributed by atoms with Crippen LogP contribution in [0.3, 0.4) is 0 Å². The molecule has 3 aromatic carbocycles. The molecule has 6 rings (SSSR count). The zero-order valence-electron chi connectivity index (χ0n) is 24.2. The molecule has 3 heterocycles. The van der Waals surface area contributed by atoms with Crippen LogP contribution in [0.25, 0.3) is 28.7 Å². The topological polar surface area (TPSA) is 74.3 Å². The van der Waals surface area contributed by atoms with Crippen molar-refractivity contribution >= 4 is 57.6 Å². The van der Waals surface area contributed by atoms with Gasteiger partial charge in [0.05, 0.1) is 33.6 Å². The molecule has 8 nitrogen and oxygen atoms in total. The van der Waals surface area contributed by atoms with E-state index in [0.717, 1.165) is 29.4 Å². The summed E-state index contributed by atoms with van der Waals surface area (Å²) in [5.74, 6) is 0.229. The highest BCUT2D eigenvalue weighted by atomic mass is 35.5. The standard InChI is InChI=1S/C33H28ClN5O3S2/c1-4-17-42-27-16-15-22(18-26(27)34)29-23(20-37(35-29)24-11-7-5-8-12-24)19-28-31(40)38(33(43)44-28)30-21(2)36(3)39(32(30)41)25-13-9-6-10-14-25/h5-16,18-20H,4,17H2,1-3H3/b28-19-. The molecule has 1 amide bonds. The number of ether oxygens (including phenoxy) is 1. The molecule has 1 fully saturated rings. The third-order valence-electron chi connectivity index (χ3n) is 7.26. The van der Waals surface area contributed by atoms with Gasteiger partial charge in [0.1, 0.15) is 17.1 Å². The van der Waals surface area contributed by atoms with Crippen LogP contribution in [0.5, 0.6) is 5.75 Å². The smallest absolute Gasteiger partial charge is 0.296 e. The van der Waals surface area contributed by atoms with E-state index in [0.29, 0.717) is 44.9 Å². The number of para-hydroxylation sites is 2. The van der Waals surface area contributed by atoms with Gasteiger partial charge in [-0.05, 0) is 61.9 Å². The number of thiocarbonyl (C=S) groups is 1. The molecule has 0 N–H and O–H groups in total. The summed E-state index contributed by atoms with van der Waals surface area (Å²) < 4.78 is 11.1. The number of hydrogen-bond donors (Lipinski definition) is 0. The van der Waals surface area contributed by atoms with Gasteiger partial charge in [-0.25, -0.2) is 9.36 Å². The fourth-order valence-corrected chi connectivity index (χ4v) is 6.52. The number of amides is 1. The SMILES string of the molecule is CCCOc1ccc(-c2nn(-c3ccccc3)cc2/C=C2\SC(=S)N(c3c(C)n(C)n(-c4ccccc4)c3=O)C2=O)cc1Cl. The minimum absolute atomic E-state index is 0.233. The van der Waals surface area contributed by atoms with Crippen LogP contribution < -0.4 is 15.2 Å². The summed E-state index contributed by atoms with van der Waals surface area (Å²) in [6, 6.07) is 24.5. The van der Waals surface area contributed by atoms with Gasteiger partial charge in [0.15, 0.2) is 4.32 Å². The van der Waals surface area contributed by atoms with E-state index in [1.165, 1.54) is 9.58 Å². The number of anilines is 1. The Morgan fingerprint density at radius 3 is 2.34 bits per heavy atom. The number of hydrogen-bond acceptors (Lipinski definition) is 6. The second-order valence-corrected chi connectivity index (χ2v) is 12.2. The average molecular weight is 642 g/mol. The number of nitrogens with zero attached hydrogens (tertiary/aromatic N) is 5. The Hall–Kier alpha value is -4.38. The van der Waals surface area contributed by atoms with Crippen LogP contribution >= 0.6 is 35.6 Å². The van der Waals surface area contributed by atoms with E-state index in [1.54, 1.807) is 29.4 Å². The van der Waals surface area contributed by atoms with Crippen LogP contribution in [-0.2, 0) is 11.8 Å². The summed E-state index contributed by atoms with van der Waals surface area (Å²) >= 11 is 13.4. The van der Waals surface area contributed by atoms with Gasteiger partial charge in [0.2, 0.25) is 0 Å². The monoisotopic (exact) mass is 641 g/mol. The van der Waals surface area contributed by atoms with Gasteiger partial charge in [-0.2, -0.15) is 5.10 Å². The summed E-state index contributed by atoms with van der Waals surface area (Å²) in [6.45, 7) is 4.40. The molecule has 44 heavy (non-hydrogen) atoms. The summed E-state index contributed by atoms with van der Waals surface area (Å²) in [4.78, 5) is 29.4. The number of carbonyl (C=O) groups is 1. The zero-order chi connectivity index (χ0) is 31.0. The lowest BCUT2D eigenvalue weighted by Crippen LogP contribution is -2.33. The van der Waals surface area contributed by atoms with Crippen LogP contribution in [0.15, 0.2) is 94.8 Å². The normalized spacial score (nSPS) is 14.2. The van der Waals surface area contributed by atoms with E-state index in [4.69, 9.17) is 33.7 Å². The van der Waals surface area contributed by atoms with Crippen molar-refractivity contribution in [2.75, 3.05) is 11.5 Å². The molecule has 1 aliphatic rings. The molecular weight excluding hydrogens is 614 g/mol. The highest BCUT2D eigenvalue weighted by Gasteiger charge is 2.38. The van der Waals surface area contributed by atoms with Crippen molar-refractivity contribution in [1.82, 2.24) is 19.1 Å². The van der Waals surface area contributed by atoms with Gasteiger partial charge in [-0.3, -0.25) is 19.2 Å². The van der Waals surface area contributed by atoms with Gasteiger partial charge in [0, 0.05) is 24.4 Å². The van der Waals surface area contributed by atoms with Gasteiger partial charge < -0.3 is 4.74 Å². The van der Waals surface area contributed by atoms with Crippen molar-refractivity contribution in [3.05, 3.63) is 117 Å². The number of aromatic nitrogens is 4. The molecule has 0 radical (unpaired) electrons. The lowest BCUT2D eigenvalue weighted by atomic mass is 10.1. The third-order valence-corrected chi connectivity index (χ3v) is 8.86. The average Bonchev–Trinajstić information content (AvgIpc) is 3.64. The van der Waals surface area contributed by atoms with E-state index < -0.39 is 0 Å². The van der Waals surface area contributed by atoms with Crippen molar-refractivity contribution < 1.29 is 9.53 Å². The molecular formula is C33H28ClN5O3S2. The number of halogens is 1. The van der Waals surface area contributed by atoms with Crippen molar-refractivity contribution in [2.45, 2.75) is 20.3 Å². The second-order valence-electron chi connectivity index (χ2n) is 10.1. The first kappa shape index (κ1) is 29.7. The lowest BCUT2D eigenvalue weighted by Gasteiger charge is -2.12. The molecule has 1 aliphatic heterocycles.